The van der Waals surface area contributed by atoms with Crippen molar-refractivity contribution in [3.05, 3.63) is 36.5 Å². The van der Waals surface area contributed by atoms with E-state index in [0.29, 0.717) is 19.1 Å². The summed E-state index contributed by atoms with van der Waals surface area (Å²) in [6.45, 7) is 8.92. The Morgan fingerprint density at radius 3 is 2.67 bits per heavy atom. The molecular formula is C20H32O4. The van der Waals surface area contributed by atoms with Crippen molar-refractivity contribution >= 4 is 0 Å². The third-order valence-corrected chi connectivity index (χ3v) is 5.36. The molecule has 0 aromatic carbocycles. The monoisotopic (exact) mass is 336 g/mol. The molecule has 2 aliphatic rings. The lowest BCUT2D eigenvalue weighted by atomic mass is 9.67. The number of ether oxygens (including phenoxy) is 2. The first-order chi connectivity index (χ1) is 11.4. The van der Waals surface area contributed by atoms with Gasteiger partial charge in [-0.2, -0.15) is 0 Å². The molecule has 0 saturated heterocycles. The molecule has 136 valence electrons. The van der Waals surface area contributed by atoms with E-state index in [9.17, 15) is 10.2 Å². The predicted octanol–water partition coefficient (Wildman–Crippen LogP) is 3.36. The second kappa shape index (κ2) is 8.95. The Labute approximate surface area is 145 Å². The second-order valence-electron chi connectivity index (χ2n) is 7.35. The Kier molecular flexibility index (Phi) is 7.23. The summed E-state index contributed by atoms with van der Waals surface area (Å²) in [5.41, 5.74) is 1.62. The van der Waals surface area contributed by atoms with Gasteiger partial charge in [-0.05, 0) is 49.5 Å². The van der Waals surface area contributed by atoms with Gasteiger partial charge in [0.05, 0.1) is 25.4 Å². The average Bonchev–Trinajstić information content (AvgIpc) is 2.59. The number of rotatable bonds is 8. The lowest BCUT2D eigenvalue weighted by Crippen LogP contribution is -2.31. The van der Waals surface area contributed by atoms with E-state index in [1.165, 1.54) is 11.6 Å². The van der Waals surface area contributed by atoms with Gasteiger partial charge in [0.2, 0.25) is 0 Å². The highest BCUT2D eigenvalue weighted by Gasteiger charge is 2.34. The highest BCUT2D eigenvalue weighted by atomic mass is 16.6. The van der Waals surface area contributed by atoms with Crippen LogP contribution in [0.15, 0.2) is 36.5 Å². The molecule has 0 saturated carbocycles. The summed E-state index contributed by atoms with van der Waals surface area (Å²) in [4.78, 5) is 0. The number of allylic oxidation sites excluding steroid dienone is 2. The minimum absolute atomic E-state index is 0.128. The maximum atomic E-state index is 9.68. The smallest absolute Gasteiger partial charge is 0.173 e. The summed E-state index contributed by atoms with van der Waals surface area (Å²) >= 11 is 0. The summed E-state index contributed by atoms with van der Waals surface area (Å²) in [6.07, 6.45) is 11.9. The largest absolute Gasteiger partial charge is 0.393 e. The van der Waals surface area contributed by atoms with Crippen LogP contribution in [0.4, 0.5) is 0 Å². The van der Waals surface area contributed by atoms with Crippen molar-refractivity contribution in [2.45, 2.75) is 64.4 Å². The SMILES string of the molecule is C=CC(O)OCCOC1C=CC(C(C)(C)C2=CCC(O)CC2)CC1. The highest BCUT2D eigenvalue weighted by molar-refractivity contribution is 5.20. The first kappa shape index (κ1) is 19.4. The van der Waals surface area contributed by atoms with E-state index in [4.69, 9.17) is 9.47 Å². The molecule has 0 aliphatic heterocycles. The summed E-state index contributed by atoms with van der Waals surface area (Å²) in [5.74, 6) is 0.512. The molecule has 0 heterocycles. The molecule has 0 radical (unpaired) electrons. The van der Waals surface area contributed by atoms with Crippen LogP contribution in [-0.2, 0) is 9.47 Å². The van der Waals surface area contributed by atoms with Crippen molar-refractivity contribution in [2.24, 2.45) is 11.3 Å². The Bertz CT molecular complexity index is 466. The summed E-state index contributed by atoms with van der Waals surface area (Å²) < 4.78 is 10.9. The summed E-state index contributed by atoms with van der Waals surface area (Å²) in [7, 11) is 0. The molecule has 0 fully saturated rings. The topological polar surface area (TPSA) is 58.9 Å². The van der Waals surface area contributed by atoms with Crippen molar-refractivity contribution in [1.29, 1.82) is 0 Å². The standard InChI is InChI=1S/C20H32O4/c1-4-19(22)24-14-13-23-18-11-7-16(8-12-18)20(2,3)15-5-9-17(21)10-6-15/h4-5,7,11,16-19,21-22H,1,6,8-10,12-14H2,2-3H3. The van der Waals surface area contributed by atoms with Gasteiger partial charge in [-0.15, -0.1) is 0 Å². The molecule has 4 atom stereocenters. The third-order valence-electron chi connectivity index (χ3n) is 5.36. The first-order valence-corrected chi connectivity index (χ1v) is 9.03. The second-order valence-corrected chi connectivity index (χ2v) is 7.35. The Morgan fingerprint density at radius 1 is 1.29 bits per heavy atom. The predicted molar refractivity (Wildman–Crippen MR) is 95.5 cm³/mol. The van der Waals surface area contributed by atoms with Gasteiger partial charge in [-0.1, -0.05) is 44.2 Å². The molecule has 2 N–H and O–H groups in total. The fourth-order valence-electron chi connectivity index (χ4n) is 3.61. The number of hydrogen-bond acceptors (Lipinski definition) is 4. The van der Waals surface area contributed by atoms with Crippen LogP contribution in [0, 0.1) is 11.3 Å². The van der Waals surface area contributed by atoms with Crippen LogP contribution in [-0.4, -0.2) is 41.9 Å². The van der Waals surface area contributed by atoms with Crippen LogP contribution in [0.3, 0.4) is 0 Å². The molecule has 2 rings (SSSR count). The minimum Gasteiger partial charge on any atom is -0.393 e. The van der Waals surface area contributed by atoms with Gasteiger partial charge in [0.15, 0.2) is 6.29 Å². The molecule has 4 heteroatoms. The van der Waals surface area contributed by atoms with Crippen LogP contribution in [0.25, 0.3) is 0 Å². The van der Waals surface area contributed by atoms with Crippen LogP contribution < -0.4 is 0 Å². The fraction of sp³-hybridized carbons (Fsp3) is 0.700. The van der Waals surface area contributed by atoms with Gasteiger partial charge in [0, 0.05) is 0 Å². The molecule has 0 aromatic heterocycles. The highest BCUT2D eigenvalue weighted by Crippen LogP contribution is 2.44. The quantitative estimate of drug-likeness (QED) is 0.405. The van der Waals surface area contributed by atoms with Crippen molar-refractivity contribution in [3.8, 4) is 0 Å². The van der Waals surface area contributed by atoms with E-state index in [0.717, 1.165) is 32.1 Å². The normalized spacial score (nSPS) is 29.2. The van der Waals surface area contributed by atoms with Crippen LogP contribution in [0.1, 0.15) is 46.0 Å². The van der Waals surface area contributed by atoms with E-state index in [-0.39, 0.29) is 17.6 Å². The van der Waals surface area contributed by atoms with Gasteiger partial charge >= 0.3 is 0 Å². The molecule has 0 spiro atoms. The minimum atomic E-state index is -0.914. The lowest BCUT2D eigenvalue weighted by molar-refractivity contribution is -0.0866. The lowest BCUT2D eigenvalue weighted by Gasteiger charge is -2.39. The Balaban J connectivity index is 1.80. The summed E-state index contributed by atoms with van der Waals surface area (Å²) in [6, 6.07) is 0. The van der Waals surface area contributed by atoms with Gasteiger partial charge < -0.3 is 19.7 Å². The number of aliphatic hydroxyl groups is 2. The van der Waals surface area contributed by atoms with Gasteiger partial charge in [-0.3, -0.25) is 0 Å². The Morgan fingerprint density at radius 2 is 2.08 bits per heavy atom. The van der Waals surface area contributed by atoms with Gasteiger partial charge in [0.1, 0.15) is 0 Å². The van der Waals surface area contributed by atoms with E-state index in [2.05, 4.69) is 38.7 Å². The van der Waals surface area contributed by atoms with Crippen molar-refractivity contribution in [3.63, 3.8) is 0 Å². The third kappa shape index (κ3) is 5.28. The zero-order chi connectivity index (χ0) is 17.6. The van der Waals surface area contributed by atoms with E-state index in [1.54, 1.807) is 0 Å². The fourth-order valence-corrected chi connectivity index (χ4v) is 3.61. The Hall–Kier alpha value is -0.940. The van der Waals surface area contributed by atoms with Crippen LogP contribution in [0.5, 0.6) is 0 Å². The molecule has 0 bridgehead atoms. The van der Waals surface area contributed by atoms with Crippen molar-refractivity contribution < 1.29 is 19.7 Å². The maximum Gasteiger partial charge on any atom is 0.173 e. The number of aliphatic hydroxyl groups excluding tert-OH is 2. The van der Waals surface area contributed by atoms with E-state index >= 15 is 0 Å². The first-order valence-electron chi connectivity index (χ1n) is 9.03. The summed E-state index contributed by atoms with van der Waals surface area (Å²) in [5, 5.41) is 18.9. The maximum absolute atomic E-state index is 9.68. The van der Waals surface area contributed by atoms with Crippen molar-refractivity contribution in [1.82, 2.24) is 0 Å². The van der Waals surface area contributed by atoms with Crippen molar-refractivity contribution in [2.75, 3.05) is 13.2 Å². The zero-order valence-electron chi connectivity index (χ0n) is 15.0. The van der Waals surface area contributed by atoms with E-state index in [1.807, 2.05) is 0 Å². The molecule has 2 aliphatic carbocycles. The average molecular weight is 336 g/mol. The molecule has 4 nitrogen and oxygen atoms in total. The molecule has 0 amide bonds. The zero-order valence-corrected chi connectivity index (χ0v) is 15.0. The molecular weight excluding hydrogens is 304 g/mol. The number of hydrogen-bond donors (Lipinski definition) is 2. The van der Waals surface area contributed by atoms with Crippen LogP contribution in [0.2, 0.25) is 0 Å². The van der Waals surface area contributed by atoms with Gasteiger partial charge in [-0.25, -0.2) is 0 Å². The van der Waals surface area contributed by atoms with Crippen LogP contribution >= 0.6 is 0 Å². The van der Waals surface area contributed by atoms with E-state index < -0.39 is 6.29 Å². The van der Waals surface area contributed by atoms with Gasteiger partial charge in [0.25, 0.3) is 0 Å². The molecule has 24 heavy (non-hydrogen) atoms. The molecule has 4 unspecified atom stereocenters. The molecule has 0 aromatic rings.